The maximum absolute atomic E-state index is 14.1. The molecule has 4 nitrogen and oxygen atoms in total. The Labute approximate surface area is 178 Å². The van der Waals surface area contributed by atoms with Gasteiger partial charge in [-0.2, -0.15) is 0 Å². The van der Waals surface area contributed by atoms with Crippen molar-refractivity contribution >= 4 is 24.7 Å². The fourth-order valence-corrected chi connectivity index (χ4v) is 3.25. The number of ketones is 1. The Kier molecular flexibility index (Phi) is 10.1. The van der Waals surface area contributed by atoms with Gasteiger partial charge < -0.3 is 10.1 Å². The van der Waals surface area contributed by atoms with E-state index in [0.717, 1.165) is 11.3 Å². The molecule has 0 fully saturated rings. The summed E-state index contributed by atoms with van der Waals surface area (Å²) < 4.78 is 27.5. The summed E-state index contributed by atoms with van der Waals surface area (Å²) in [6, 6.07) is 7.22. The van der Waals surface area contributed by atoms with Crippen molar-refractivity contribution in [3.05, 3.63) is 65.3 Å². The van der Waals surface area contributed by atoms with Crippen molar-refractivity contribution in [2.45, 2.75) is 33.5 Å². The Morgan fingerprint density at radius 1 is 1.32 bits per heavy atom. The number of hydrogen-bond acceptors (Lipinski definition) is 3. The first-order valence-electron chi connectivity index (χ1n) is 8.09. The third-order valence-corrected chi connectivity index (χ3v) is 5.45. The largest absolute Gasteiger partial charge is 0.512 e. The molecule has 1 aromatic heterocycles. The quantitative estimate of drug-likeness (QED) is 0.242. The van der Waals surface area contributed by atoms with Crippen LogP contribution < -0.4 is 5.19 Å². The minimum absolute atomic E-state index is 0. The van der Waals surface area contributed by atoms with Crippen LogP contribution in [0.3, 0.4) is 0 Å². The zero-order chi connectivity index (χ0) is 20.8. The molecule has 0 unspecified atom stereocenters. The monoisotopic (exact) mass is 580 g/mol. The maximum Gasteiger partial charge on any atom is 0.176 e. The van der Waals surface area contributed by atoms with Crippen molar-refractivity contribution in [1.29, 1.82) is 0 Å². The summed E-state index contributed by atoms with van der Waals surface area (Å²) in [7, 11) is -1.56. The van der Waals surface area contributed by atoms with E-state index in [4.69, 9.17) is 11.7 Å². The van der Waals surface area contributed by atoms with Gasteiger partial charge in [-0.05, 0) is 25.6 Å². The van der Waals surface area contributed by atoms with Gasteiger partial charge in [0.05, 0.1) is 20.4 Å². The molecule has 151 valence electrons. The summed E-state index contributed by atoms with van der Waals surface area (Å²) in [6.07, 6.45) is 2.77. The van der Waals surface area contributed by atoms with Gasteiger partial charge >= 0.3 is 0 Å². The zero-order valence-corrected chi connectivity index (χ0v) is 19.6. The summed E-state index contributed by atoms with van der Waals surface area (Å²) in [5, 5.41) is 9.48. The molecule has 1 heterocycles. The van der Waals surface area contributed by atoms with Gasteiger partial charge in [-0.15, -0.1) is 17.7 Å². The Hall–Kier alpha value is -2.20. The number of hydrogen-bond donors (Lipinski definition) is 1. The van der Waals surface area contributed by atoms with Gasteiger partial charge in [0.2, 0.25) is 0 Å². The van der Waals surface area contributed by atoms with E-state index in [1.54, 1.807) is 12.3 Å². The SMILES string of the molecule is CC(=O)C=C(C)O.[C-]#[N+]c1c(F)c[c-]c(-c2cc([Si](C)(C)C)ccn2)c1F.[Ir]. The summed E-state index contributed by atoms with van der Waals surface area (Å²) in [4.78, 5) is 17.0. The standard InChI is InChI=1S/C15H13F2N2Si.C5H8O2.Ir/c1-18-15-12(16)6-5-11(14(15)17)13-9-10(7-8-19-13)20(2,3)4;1-4(6)3-5(2)7;/h6-9H,2-4H3;3,6H,1-2H3;/q-1;;. The molecule has 0 bridgehead atoms. The van der Waals surface area contributed by atoms with E-state index < -0.39 is 25.4 Å². The molecule has 0 saturated carbocycles. The molecule has 0 aliphatic carbocycles. The molecule has 0 atom stereocenters. The van der Waals surface area contributed by atoms with Crippen LogP contribution in [0, 0.1) is 24.3 Å². The number of pyridine rings is 1. The average molecular weight is 580 g/mol. The van der Waals surface area contributed by atoms with Crippen molar-refractivity contribution < 1.29 is 38.8 Å². The molecule has 2 aromatic rings. The minimum atomic E-state index is -1.56. The summed E-state index contributed by atoms with van der Waals surface area (Å²) in [6.45, 7) is 16.2. The van der Waals surface area contributed by atoms with Crippen LogP contribution in [-0.2, 0) is 24.9 Å². The molecule has 2 rings (SSSR count). The van der Waals surface area contributed by atoms with E-state index in [-0.39, 0.29) is 37.2 Å². The molecule has 8 heteroatoms. The normalized spacial score (nSPS) is 10.9. The van der Waals surface area contributed by atoms with Gasteiger partial charge in [0, 0.05) is 44.0 Å². The predicted octanol–water partition coefficient (Wildman–Crippen LogP) is 4.96. The molecule has 1 radical (unpaired) electrons. The molecule has 0 aliphatic rings. The van der Waals surface area contributed by atoms with Gasteiger partial charge in [-0.1, -0.05) is 30.9 Å². The maximum atomic E-state index is 14.1. The summed E-state index contributed by atoms with van der Waals surface area (Å²) in [5.41, 5.74) is -0.191. The van der Waals surface area contributed by atoms with Crippen molar-refractivity contribution in [3.8, 4) is 11.3 Å². The number of aliphatic hydroxyl groups excluding tert-OH is 1. The van der Waals surface area contributed by atoms with E-state index in [0.29, 0.717) is 5.69 Å². The zero-order valence-electron chi connectivity index (χ0n) is 16.2. The van der Waals surface area contributed by atoms with Gasteiger partial charge in [-0.3, -0.25) is 18.4 Å². The van der Waals surface area contributed by atoms with E-state index in [2.05, 4.69) is 35.5 Å². The Morgan fingerprint density at radius 3 is 2.36 bits per heavy atom. The van der Waals surface area contributed by atoms with E-state index in [9.17, 15) is 13.6 Å². The van der Waals surface area contributed by atoms with Crippen LogP contribution in [0.25, 0.3) is 16.1 Å². The third kappa shape index (κ3) is 7.43. The van der Waals surface area contributed by atoms with Crippen LogP contribution in [0.15, 0.2) is 36.2 Å². The number of aromatic nitrogens is 1. The van der Waals surface area contributed by atoms with Crippen LogP contribution in [0.1, 0.15) is 13.8 Å². The van der Waals surface area contributed by atoms with Crippen LogP contribution in [0.5, 0.6) is 0 Å². The molecular weight excluding hydrogens is 559 g/mol. The van der Waals surface area contributed by atoms with Gasteiger partial charge in [0.1, 0.15) is 0 Å². The van der Waals surface area contributed by atoms with Gasteiger partial charge in [0.25, 0.3) is 0 Å². The van der Waals surface area contributed by atoms with Crippen molar-refractivity contribution in [1.82, 2.24) is 4.98 Å². The number of nitrogens with zero attached hydrogens (tertiary/aromatic N) is 2. The summed E-state index contributed by atoms with van der Waals surface area (Å²) >= 11 is 0. The predicted molar refractivity (Wildman–Crippen MR) is 105 cm³/mol. The average Bonchev–Trinajstić information content (AvgIpc) is 2.54. The number of aliphatic hydroxyl groups is 1. The number of benzene rings is 1. The second-order valence-electron chi connectivity index (χ2n) is 6.86. The van der Waals surface area contributed by atoms with Crippen LogP contribution in [0.2, 0.25) is 19.6 Å². The topological polar surface area (TPSA) is 54.5 Å². The van der Waals surface area contributed by atoms with Gasteiger partial charge in [0.15, 0.2) is 11.5 Å². The van der Waals surface area contributed by atoms with E-state index >= 15 is 0 Å². The van der Waals surface area contributed by atoms with Crippen molar-refractivity contribution in [2.75, 3.05) is 0 Å². The Morgan fingerprint density at radius 2 is 1.93 bits per heavy atom. The molecular formula is C20H21F2IrN2O2Si-. The molecule has 28 heavy (non-hydrogen) atoms. The molecule has 1 aromatic carbocycles. The van der Waals surface area contributed by atoms with E-state index in [1.807, 2.05) is 6.07 Å². The molecule has 0 amide bonds. The number of carbonyl (C=O) groups excluding carboxylic acids is 1. The third-order valence-electron chi connectivity index (χ3n) is 3.40. The Bertz CT molecular complexity index is 915. The first-order chi connectivity index (χ1) is 12.5. The van der Waals surface area contributed by atoms with Crippen LogP contribution in [-0.4, -0.2) is 23.9 Å². The number of rotatable bonds is 3. The molecule has 0 aliphatic heterocycles. The van der Waals surface area contributed by atoms with E-state index in [1.165, 1.54) is 19.9 Å². The van der Waals surface area contributed by atoms with Crippen LogP contribution >= 0.6 is 0 Å². The van der Waals surface area contributed by atoms with Gasteiger partial charge in [-0.25, -0.2) is 0 Å². The molecule has 0 saturated heterocycles. The fourth-order valence-electron chi connectivity index (χ4n) is 2.11. The molecule has 1 N–H and O–H groups in total. The number of allylic oxidation sites excluding steroid dienone is 2. The number of halogens is 2. The van der Waals surface area contributed by atoms with Crippen LogP contribution in [0.4, 0.5) is 14.5 Å². The smallest absolute Gasteiger partial charge is 0.176 e. The Balaban J connectivity index is 0.000000786. The summed E-state index contributed by atoms with van der Waals surface area (Å²) in [5.74, 6) is -1.87. The first kappa shape index (κ1) is 25.8. The van der Waals surface area contributed by atoms with Crippen molar-refractivity contribution in [3.63, 3.8) is 0 Å². The number of carbonyl (C=O) groups is 1. The second-order valence-corrected chi connectivity index (χ2v) is 11.9. The minimum Gasteiger partial charge on any atom is -0.512 e. The fraction of sp³-hybridized carbons (Fsp3) is 0.250. The first-order valence-corrected chi connectivity index (χ1v) is 11.6. The second kappa shape index (κ2) is 11.0. The van der Waals surface area contributed by atoms with Crippen molar-refractivity contribution in [2.24, 2.45) is 0 Å². The molecule has 0 spiro atoms.